The number of nitrogens with two attached hydrogens (primary N) is 1. The summed E-state index contributed by atoms with van der Waals surface area (Å²) in [5.74, 6) is -0.969. The summed E-state index contributed by atoms with van der Waals surface area (Å²) in [7, 11) is 1.56. The molecule has 1 unspecified atom stereocenters. The van der Waals surface area contributed by atoms with Gasteiger partial charge in [-0.25, -0.2) is 8.78 Å². The first-order valence-corrected chi connectivity index (χ1v) is 6.09. The highest BCUT2D eigenvalue weighted by molar-refractivity contribution is 5.31. The fourth-order valence-electron chi connectivity index (χ4n) is 1.81. The number of ether oxygens (including phenoxy) is 2. The van der Waals surface area contributed by atoms with Crippen LogP contribution in [0.15, 0.2) is 42.5 Å². The molecule has 0 bridgehead atoms. The topological polar surface area (TPSA) is 44.5 Å². The molecule has 1 atom stereocenters. The third kappa shape index (κ3) is 3.24. The van der Waals surface area contributed by atoms with Gasteiger partial charge >= 0.3 is 0 Å². The lowest BCUT2D eigenvalue weighted by molar-refractivity contribution is 0.212. The van der Waals surface area contributed by atoms with E-state index in [4.69, 9.17) is 15.2 Å². The van der Waals surface area contributed by atoms with Crippen LogP contribution in [0, 0.1) is 11.6 Å². The summed E-state index contributed by atoms with van der Waals surface area (Å²) in [4.78, 5) is 0. The van der Waals surface area contributed by atoms with Crippen molar-refractivity contribution in [2.24, 2.45) is 5.73 Å². The molecule has 0 heterocycles. The fourth-order valence-corrected chi connectivity index (χ4v) is 1.81. The molecule has 0 spiro atoms. The Morgan fingerprint density at radius 3 is 2.50 bits per heavy atom. The SMILES string of the molecule is COc1cccc(C(CN)Oc2ccc(F)c(F)c2)c1. The summed E-state index contributed by atoms with van der Waals surface area (Å²) in [6.07, 6.45) is -0.463. The third-order valence-electron chi connectivity index (χ3n) is 2.85. The minimum absolute atomic E-state index is 0.201. The summed E-state index contributed by atoms with van der Waals surface area (Å²) < 4.78 is 36.7. The molecule has 5 heteroatoms. The molecule has 0 amide bonds. The molecule has 3 nitrogen and oxygen atoms in total. The number of hydrogen-bond donors (Lipinski definition) is 1. The largest absolute Gasteiger partial charge is 0.497 e. The minimum atomic E-state index is -0.955. The molecule has 0 radical (unpaired) electrons. The highest BCUT2D eigenvalue weighted by atomic mass is 19.2. The van der Waals surface area contributed by atoms with Gasteiger partial charge in [0.05, 0.1) is 7.11 Å². The third-order valence-corrected chi connectivity index (χ3v) is 2.85. The molecule has 0 saturated carbocycles. The van der Waals surface area contributed by atoms with Crippen molar-refractivity contribution in [3.63, 3.8) is 0 Å². The summed E-state index contributed by atoms with van der Waals surface area (Å²) in [5.41, 5.74) is 6.48. The van der Waals surface area contributed by atoms with Crippen molar-refractivity contribution in [1.82, 2.24) is 0 Å². The molecule has 2 N–H and O–H groups in total. The Morgan fingerprint density at radius 1 is 1.05 bits per heavy atom. The van der Waals surface area contributed by atoms with E-state index in [-0.39, 0.29) is 12.3 Å². The van der Waals surface area contributed by atoms with E-state index in [2.05, 4.69) is 0 Å². The molecule has 20 heavy (non-hydrogen) atoms. The summed E-state index contributed by atoms with van der Waals surface area (Å²) in [6.45, 7) is 0.201. The van der Waals surface area contributed by atoms with Gasteiger partial charge in [0.15, 0.2) is 11.6 Å². The average Bonchev–Trinajstić information content (AvgIpc) is 2.48. The van der Waals surface area contributed by atoms with E-state index in [0.717, 1.165) is 17.7 Å². The van der Waals surface area contributed by atoms with Gasteiger partial charge in [-0.3, -0.25) is 0 Å². The highest BCUT2D eigenvalue weighted by Crippen LogP contribution is 2.25. The van der Waals surface area contributed by atoms with Crippen molar-refractivity contribution in [1.29, 1.82) is 0 Å². The van der Waals surface area contributed by atoms with Crippen molar-refractivity contribution in [2.45, 2.75) is 6.10 Å². The predicted molar refractivity (Wildman–Crippen MR) is 71.8 cm³/mol. The maximum atomic E-state index is 13.1. The van der Waals surface area contributed by atoms with Gasteiger partial charge in [-0.2, -0.15) is 0 Å². The molecule has 0 fully saturated rings. The Kier molecular flexibility index (Phi) is 4.53. The summed E-state index contributed by atoms with van der Waals surface area (Å²) in [5, 5.41) is 0. The zero-order valence-corrected chi connectivity index (χ0v) is 11.0. The Labute approximate surface area is 115 Å². The van der Waals surface area contributed by atoms with Crippen LogP contribution in [-0.4, -0.2) is 13.7 Å². The quantitative estimate of drug-likeness (QED) is 0.915. The molecule has 2 aromatic carbocycles. The Bertz CT molecular complexity index is 590. The van der Waals surface area contributed by atoms with Gasteiger partial charge in [-0.1, -0.05) is 12.1 Å². The van der Waals surface area contributed by atoms with Crippen LogP contribution in [0.2, 0.25) is 0 Å². The lowest BCUT2D eigenvalue weighted by atomic mass is 10.1. The van der Waals surface area contributed by atoms with E-state index in [1.54, 1.807) is 19.2 Å². The molecule has 0 saturated heterocycles. The smallest absolute Gasteiger partial charge is 0.162 e. The highest BCUT2D eigenvalue weighted by Gasteiger charge is 2.13. The molecular weight excluding hydrogens is 264 g/mol. The van der Waals surface area contributed by atoms with E-state index in [1.807, 2.05) is 12.1 Å². The minimum Gasteiger partial charge on any atom is -0.497 e. The number of methoxy groups -OCH3 is 1. The number of rotatable bonds is 5. The zero-order valence-electron chi connectivity index (χ0n) is 11.0. The second-order valence-electron chi connectivity index (χ2n) is 4.19. The first-order chi connectivity index (χ1) is 9.63. The van der Waals surface area contributed by atoms with Gasteiger partial charge in [0.1, 0.15) is 17.6 Å². The van der Waals surface area contributed by atoms with E-state index >= 15 is 0 Å². The van der Waals surface area contributed by atoms with Crippen LogP contribution in [0.4, 0.5) is 8.78 Å². The van der Waals surface area contributed by atoms with E-state index < -0.39 is 17.7 Å². The Hall–Kier alpha value is -2.14. The molecule has 0 aliphatic heterocycles. The van der Waals surface area contributed by atoms with Crippen LogP contribution in [0.25, 0.3) is 0 Å². The van der Waals surface area contributed by atoms with Crippen LogP contribution < -0.4 is 15.2 Å². The number of hydrogen-bond acceptors (Lipinski definition) is 3. The van der Waals surface area contributed by atoms with Crippen LogP contribution >= 0.6 is 0 Å². The van der Waals surface area contributed by atoms with E-state index in [0.29, 0.717) is 5.75 Å². The maximum Gasteiger partial charge on any atom is 0.162 e. The van der Waals surface area contributed by atoms with Crippen molar-refractivity contribution < 1.29 is 18.3 Å². The van der Waals surface area contributed by atoms with Crippen molar-refractivity contribution in [3.8, 4) is 11.5 Å². The van der Waals surface area contributed by atoms with Crippen LogP contribution in [-0.2, 0) is 0 Å². The van der Waals surface area contributed by atoms with Gasteiger partial charge in [-0.15, -0.1) is 0 Å². The summed E-state index contributed by atoms with van der Waals surface area (Å²) in [6, 6.07) is 10.6. The van der Waals surface area contributed by atoms with Crippen LogP contribution in [0.3, 0.4) is 0 Å². The lowest BCUT2D eigenvalue weighted by Crippen LogP contribution is -2.18. The van der Waals surface area contributed by atoms with Gasteiger partial charge < -0.3 is 15.2 Å². The fraction of sp³-hybridized carbons (Fsp3) is 0.200. The number of halogens is 2. The van der Waals surface area contributed by atoms with Crippen LogP contribution in [0.5, 0.6) is 11.5 Å². The first-order valence-electron chi connectivity index (χ1n) is 6.09. The predicted octanol–water partition coefficient (Wildman–Crippen LogP) is 3.05. The normalized spacial score (nSPS) is 12.0. The molecule has 2 aromatic rings. The molecule has 2 rings (SSSR count). The average molecular weight is 279 g/mol. The van der Waals surface area contributed by atoms with Gasteiger partial charge in [0.2, 0.25) is 0 Å². The van der Waals surface area contributed by atoms with Gasteiger partial charge in [-0.05, 0) is 29.8 Å². The number of benzene rings is 2. The first kappa shape index (κ1) is 14.3. The van der Waals surface area contributed by atoms with Crippen molar-refractivity contribution in [2.75, 3.05) is 13.7 Å². The Morgan fingerprint density at radius 2 is 1.85 bits per heavy atom. The standard InChI is InChI=1S/C15H15F2NO2/c1-19-11-4-2-3-10(7-11)15(9-18)20-12-5-6-13(16)14(17)8-12/h2-8,15H,9,18H2,1H3. The monoisotopic (exact) mass is 279 g/mol. The summed E-state index contributed by atoms with van der Waals surface area (Å²) >= 11 is 0. The van der Waals surface area contributed by atoms with E-state index in [9.17, 15) is 8.78 Å². The van der Waals surface area contributed by atoms with Crippen molar-refractivity contribution in [3.05, 3.63) is 59.7 Å². The van der Waals surface area contributed by atoms with Gasteiger partial charge in [0, 0.05) is 12.6 Å². The molecule has 106 valence electrons. The lowest BCUT2D eigenvalue weighted by Gasteiger charge is -2.18. The molecule has 0 aliphatic carbocycles. The maximum absolute atomic E-state index is 13.1. The van der Waals surface area contributed by atoms with Crippen molar-refractivity contribution >= 4 is 0 Å². The zero-order chi connectivity index (χ0) is 14.5. The van der Waals surface area contributed by atoms with Crippen LogP contribution in [0.1, 0.15) is 11.7 Å². The second kappa shape index (κ2) is 6.34. The van der Waals surface area contributed by atoms with E-state index in [1.165, 1.54) is 6.07 Å². The van der Waals surface area contributed by atoms with Gasteiger partial charge in [0.25, 0.3) is 0 Å². The second-order valence-corrected chi connectivity index (χ2v) is 4.19. The molecular formula is C15H15F2NO2. The molecule has 0 aliphatic rings. The Balaban J connectivity index is 2.21. The molecule has 0 aromatic heterocycles.